The molecule has 0 spiro atoms. The fourth-order valence-corrected chi connectivity index (χ4v) is 6.68. The number of rotatable bonds is 11. The number of aromatic nitrogens is 2. The van der Waals surface area contributed by atoms with E-state index in [4.69, 9.17) is 4.43 Å². The number of nitrogens with zero attached hydrogens (tertiary/aromatic N) is 2. The van der Waals surface area contributed by atoms with Gasteiger partial charge in [-0.05, 0) is 50.0 Å². The lowest BCUT2D eigenvalue weighted by Crippen LogP contribution is -2.53. The fraction of sp³-hybridized carbons (Fsp3) is 0.448. The minimum atomic E-state index is -1.96. The Hall–Kier alpha value is -2.54. The largest absolute Gasteiger partial charge is 0.403 e. The predicted octanol–water partition coefficient (Wildman–Crippen LogP) is 4.83. The molecule has 1 aliphatic heterocycles. The van der Waals surface area contributed by atoms with E-state index in [1.807, 2.05) is 17.8 Å². The quantitative estimate of drug-likeness (QED) is 0.238. The minimum absolute atomic E-state index is 0.0291. The molecule has 0 saturated carbocycles. The Morgan fingerprint density at radius 2 is 1.69 bits per heavy atom. The van der Waals surface area contributed by atoms with Crippen LogP contribution in [0.3, 0.4) is 0 Å². The van der Waals surface area contributed by atoms with Crippen LogP contribution in [0.15, 0.2) is 79.4 Å². The second kappa shape index (κ2) is 11.0. The van der Waals surface area contributed by atoms with E-state index >= 15 is 0 Å². The molecule has 1 saturated heterocycles. The topological polar surface area (TPSA) is 47.1 Å². The van der Waals surface area contributed by atoms with Gasteiger partial charge in [-0.3, -0.25) is 4.79 Å². The summed E-state index contributed by atoms with van der Waals surface area (Å²) in [4.78, 5) is 13.2. The maximum atomic E-state index is 13.2. The van der Waals surface area contributed by atoms with Gasteiger partial charge in [-0.2, -0.15) is 0 Å². The first-order valence-electron chi connectivity index (χ1n) is 12.9. The average molecular weight is 491 g/mol. The van der Waals surface area contributed by atoms with Crippen LogP contribution in [0.4, 0.5) is 0 Å². The molecule has 2 heterocycles. The first kappa shape index (κ1) is 25.5. The Balaban J connectivity index is 1.51. The Labute approximate surface area is 211 Å². The van der Waals surface area contributed by atoms with Gasteiger partial charge in [0, 0.05) is 24.9 Å². The van der Waals surface area contributed by atoms with Gasteiger partial charge in [-0.25, -0.2) is 9.13 Å². The number of Topliss-reactive ketones (excluding diaryl/α,β-unsaturated/α-hetero) is 1. The van der Waals surface area contributed by atoms with Crippen LogP contribution in [0.1, 0.15) is 36.8 Å². The van der Waals surface area contributed by atoms with Crippen molar-refractivity contribution in [1.82, 2.24) is 9.88 Å². The molecule has 1 fully saturated rings. The van der Waals surface area contributed by atoms with Crippen molar-refractivity contribution in [2.24, 2.45) is 13.0 Å². The van der Waals surface area contributed by atoms with Gasteiger partial charge < -0.3 is 9.74 Å². The summed E-state index contributed by atoms with van der Waals surface area (Å²) in [5.74, 6) is 0.405. The van der Waals surface area contributed by atoms with E-state index in [2.05, 4.69) is 103 Å². The Morgan fingerprint density at radius 3 is 2.23 bits per heavy atom. The van der Waals surface area contributed by atoms with Gasteiger partial charge in [0.2, 0.25) is 6.33 Å². The van der Waals surface area contributed by atoms with Crippen molar-refractivity contribution in [1.29, 1.82) is 0 Å². The molecule has 0 aliphatic carbocycles. The first-order valence-corrected chi connectivity index (χ1v) is 16.3. The van der Waals surface area contributed by atoms with Crippen LogP contribution in [-0.4, -0.2) is 31.3 Å². The summed E-state index contributed by atoms with van der Waals surface area (Å²) in [6, 6.07) is 21.2. The van der Waals surface area contributed by atoms with Crippen LogP contribution < -0.4 is 9.88 Å². The zero-order valence-corrected chi connectivity index (χ0v) is 22.6. The summed E-state index contributed by atoms with van der Waals surface area (Å²) in [5, 5.41) is 3.74. The summed E-state index contributed by atoms with van der Waals surface area (Å²) in [5.41, 5.74) is 1.68. The number of hydrogen-bond acceptors (Lipinski definition) is 3. The molecule has 0 unspecified atom stereocenters. The highest BCUT2D eigenvalue weighted by atomic mass is 28.4. The molecule has 0 radical (unpaired) electrons. The van der Waals surface area contributed by atoms with E-state index < -0.39 is 13.9 Å². The molecule has 6 heteroatoms. The lowest BCUT2D eigenvalue weighted by atomic mass is 9.78. The molecule has 0 amide bonds. The van der Waals surface area contributed by atoms with E-state index in [1.165, 1.54) is 0 Å². The lowest BCUT2D eigenvalue weighted by Gasteiger charge is -2.44. The number of ketones is 1. The number of unbranched alkanes of at least 4 members (excludes halogenated alkanes) is 1. The highest BCUT2D eigenvalue weighted by Crippen LogP contribution is 2.43. The van der Waals surface area contributed by atoms with E-state index in [0.717, 1.165) is 36.9 Å². The molecule has 2 atom stereocenters. The highest BCUT2D eigenvalue weighted by Gasteiger charge is 2.49. The van der Waals surface area contributed by atoms with Gasteiger partial charge in [0.25, 0.3) is 0 Å². The first-order chi connectivity index (χ1) is 16.8. The predicted molar refractivity (Wildman–Crippen MR) is 142 cm³/mol. The molecule has 5 nitrogen and oxygen atoms in total. The molecule has 1 aromatic heterocycles. The van der Waals surface area contributed by atoms with Crippen LogP contribution in [0.25, 0.3) is 0 Å². The van der Waals surface area contributed by atoms with E-state index in [-0.39, 0.29) is 12.0 Å². The second-order valence-electron chi connectivity index (χ2n) is 10.8. The zero-order chi connectivity index (χ0) is 24.9. The van der Waals surface area contributed by atoms with Gasteiger partial charge in [-0.1, -0.05) is 60.7 Å². The minimum Gasteiger partial charge on any atom is -0.403 e. The second-order valence-corrected chi connectivity index (χ2v) is 15.2. The number of benzene rings is 2. The molecule has 35 heavy (non-hydrogen) atoms. The van der Waals surface area contributed by atoms with E-state index in [0.29, 0.717) is 18.7 Å². The molecule has 1 N–H and O–H groups in total. The third-order valence-corrected chi connectivity index (χ3v) is 7.80. The Morgan fingerprint density at radius 1 is 1.06 bits per heavy atom. The zero-order valence-electron chi connectivity index (χ0n) is 21.6. The molecular formula is C29H40N3O2Si+. The molecule has 1 aliphatic rings. The fourth-order valence-electron chi connectivity index (χ4n) is 5.33. The van der Waals surface area contributed by atoms with Gasteiger partial charge in [0.05, 0.1) is 13.6 Å². The van der Waals surface area contributed by atoms with Crippen molar-refractivity contribution < 1.29 is 13.8 Å². The van der Waals surface area contributed by atoms with Gasteiger partial charge >= 0.3 is 0 Å². The number of imidazole rings is 1. The maximum absolute atomic E-state index is 13.2. The number of aryl methyl sites for hydroxylation is 2. The maximum Gasteiger partial charge on any atom is 0.243 e. The SMILES string of the molecule is C[n+]1ccn(CCCCC(=O)[C@H]2CN[C@H](C(O[Si](C)(C)C)(c3ccccc3)c3ccccc3)C2)c1. The van der Waals surface area contributed by atoms with Gasteiger partial charge in [0.15, 0.2) is 8.32 Å². The van der Waals surface area contributed by atoms with Crippen molar-refractivity contribution in [2.75, 3.05) is 6.54 Å². The van der Waals surface area contributed by atoms with Crippen molar-refractivity contribution >= 4 is 14.1 Å². The van der Waals surface area contributed by atoms with E-state index in [1.54, 1.807) is 0 Å². The Kier molecular flexibility index (Phi) is 8.04. The molecule has 3 aromatic rings. The standard InChI is InChI=1S/C29H40N3O2Si/c1-31-19-20-32(23-31)18-12-11-17-27(33)24-21-28(30-22-24)29(34-35(2,3)4,25-13-7-5-8-14-25)26-15-9-6-10-16-26/h5-10,13-16,19-20,23-24,28,30H,11-12,17-18,21-22H2,1-4H3/q+1/t24-,28+/m1/s1. The smallest absolute Gasteiger partial charge is 0.243 e. The van der Waals surface area contributed by atoms with Crippen LogP contribution in [-0.2, 0) is 28.4 Å². The van der Waals surface area contributed by atoms with Crippen molar-refractivity contribution in [3.05, 3.63) is 90.5 Å². The highest BCUT2D eigenvalue weighted by molar-refractivity contribution is 6.69. The molecule has 0 bridgehead atoms. The normalized spacial score (nSPS) is 18.6. The number of nitrogens with one attached hydrogen (secondary N) is 1. The monoisotopic (exact) mass is 490 g/mol. The molecule has 2 aromatic carbocycles. The number of hydrogen-bond donors (Lipinski definition) is 1. The van der Waals surface area contributed by atoms with Crippen molar-refractivity contribution in [2.45, 2.75) is 63.5 Å². The summed E-state index contributed by atoms with van der Waals surface area (Å²) in [6.07, 6.45) is 9.59. The number of carbonyl (C=O) groups excluding carboxylic acids is 1. The van der Waals surface area contributed by atoms with Crippen LogP contribution >= 0.6 is 0 Å². The van der Waals surface area contributed by atoms with Gasteiger partial charge in [-0.15, -0.1) is 0 Å². The van der Waals surface area contributed by atoms with Crippen LogP contribution in [0, 0.1) is 5.92 Å². The van der Waals surface area contributed by atoms with Crippen molar-refractivity contribution in [3.8, 4) is 0 Å². The summed E-state index contributed by atoms with van der Waals surface area (Å²) < 4.78 is 11.3. The van der Waals surface area contributed by atoms with Gasteiger partial charge in [0.1, 0.15) is 23.8 Å². The van der Waals surface area contributed by atoms with Crippen LogP contribution in [0.2, 0.25) is 19.6 Å². The lowest BCUT2D eigenvalue weighted by molar-refractivity contribution is -0.671. The molecular weight excluding hydrogens is 450 g/mol. The van der Waals surface area contributed by atoms with Crippen molar-refractivity contribution in [3.63, 3.8) is 0 Å². The molecule has 4 rings (SSSR count). The third kappa shape index (κ3) is 6.18. The summed E-state index contributed by atoms with van der Waals surface area (Å²) >= 11 is 0. The number of carbonyl (C=O) groups is 1. The average Bonchev–Trinajstić information content (AvgIpc) is 3.50. The van der Waals surface area contributed by atoms with E-state index in [9.17, 15) is 4.79 Å². The third-order valence-electron chi connectivity index (χ3n) is 6.86. The summed E-state index contributed by atoms with van der Waals surface area (Å²) in [7, 11) is 0.0677. The molecule has 186 valence electrons. The van der Waals surface area contributed by atoms with Crippen LogP contribution in [0.5, 0.6) is 0 Å². The summed E-state index contributed by atoms with van der Waals surface area (Å²) in [6.45, 7) is 8.41. The Bertz CT molecular complexity index is 1050.